The number of halogens is 2. The van der Waals surface area contributed by atoms with E-state index >= 15 is 0 Å². The van der Waals surface area contributed by atoms with Gasteiger partial charge in [0.25, 0.3) is 0 Å². The molecule has 0 heterocycles. The van der Waals surface area contributed by atoms with Crippen LogP contribution in [0.25, 0.3) is 0 Å². The third-order valence-electron chi connectivity index (χ3n) is 1.37. The van der Waals surface area contributed by atoms with Crippen LogP contribution in [0.15, 0.2) is 23.8 Å². The van der Waals surface area contributed by atoms with Crippen molar-refractivity contribution in [2.45, 2.75) is 54.4 Å². The van der Waals surface area contributed by atoms with E-state index < -0.39 is 5.83 Å². The highest BCUT2D eigenvalue weighted by Gasteiger charge is 1.94. The SMILES string of the molecule is C/C=C(/C)CC/C(F)=C/F.CC.CC. The lowest BCUT2D eigenvalue weighted by Crippen LogP contribution is -1.77. The van der Waals surface area contributed by atoms with Gasteiger partial charge in [0.05, 0.1) is 0 Å². The van der Waals surface area contributed by atoms with Crippen LogP contribution < -0.4 is 0 Å². The summed E-state index contributed by atoms with van der Waals surface area (Å²) in [7, 11) is 0. The Hall–Kier alpha value is -0.660. The van der Waals surface area contributed by atoms with Gasteiger partial charge in [0.1, 0.15) is 12.2 Å². The van der Waals surface area contributed by atoms with Gasteiger partial charge in [0.2, 0.25) is 0 Å². The van der Waals surface area contributed by atoms with Crippen molar-refractivity contribution in [2.75, 3.05) is 0 Å². The normalized spacial score (nSPS) is 10.9. The molecule has 0 saturated carbocycles. The van der Waals surface area contributed by atoms with Gasteiger partial charge in [-0.2, -0.15) is 0 Å². The van der Waals surface area contributed by atoms with Crippen molar-refractivity contribution in [3.63, 3.8) is 0 Å². The topological polar surface area (TPSA) is 0 Å². The molecule has 0 N–H and O–H groups in total. The minimum atomic E-state index is -0.679. The third kappa shape index (κ3) is 17.4. The minimum Gasteiger partial charge on any atom is -0.213 e. The summed E-state index contributed by atoms with van der Waals surface area (Å²) in [5.41, 5.74) is 1.08. The lowest BCUT2D eigenvalue weighted by Gasteiger charge is -1.95. The second-order valence-corrected chi connectivity index (χ2v) is 2.19. The molecule has 0 saturated heterocycles. The summed E-state index contributed by atoms with van der Waals surface area (Å²) in [4.78, 5) is 0. The Morgan fingerprint density at radius 2 is 1.50 bits per heavy atom. The van der Waals surface area contributed by atoms with E-state index in [1.807, 2.05) is 47.6 Å². The Morgan fingerprint density at radius 1 is 1.07 bits per heavy atom. The van der Waals surface area contributed by atoms with Gasteiger partial charge in [0, 0.05) is 6.42 Å². The van der Waals surface area contributed by atoms with Crippen molar-refractivity contribution in [3.8, 4) is 0 Å². The second-order valence-electron chi connectivity index (χ2n) is 2.19. The highest BCUT2D eigenvalue weighted by Crippen LogP contribution is 2.11. The van der Waals surface area contributed by atoms with Crippen LogP contribution in [0.1, 0.15) is 54.4 Å². The van der Waals surface area contributed by atoms with Crippen LogP contribution in [0.2, 0.25) is 0 Å². The maximum Gasteiger partial charge on any atom is 0.128 e. The van der Waals surface area contributed by atoms with E-state index in [0.29, 0.717) is 6.42 Å². The lowest BCUT2D eigenvalue weighted by atomic mass is 10.1. The molecule has 0 bridgehead atoms. The molecule has 0 aliphatic rings. The predicted octanol–water partition coefficient (Wildman–Crippen LogP) is 5.57. The van der Waals surface area contributed by atoms with Gasteiger partial charge in [-0.25, -0.2) is 8.78 Å². The van der Waals surface area contributed by atoms with Crippen LogP contribution >= 0.6 is 0 Å². The number of allylic oxidation sites excluding steroid dienone is 3. The first kappa shape index (κ1) is 19.0. The van der Waals surface area contributed by atoms with Gasteiger partial charge in [-0.15, -0.1) is 0 Å². The molecule has 0 aliphatic heterocycles. The van der Waals surface area contributed by atoms with Gasteiger partial charge in [-0.1, -0.05) is 39.3 Å². The van der Waals surface area contributed by atoms with Gasteiger partial charge < -0.3 is 0 Å². The van der Waals surface area contributed by atoms with Crippen LogP contribution in [-0.4, -0.2) is 0 Å². The molecular weight excluding hydrogens is 182 g/mol. The Kier molecular flexibility index (Phi) is 24.7. The molecule has 0 fully saturated rings. The molecule has 0 aromatic carbocycles. The predicted molar refractivity (Wildman–Crippen MR) is 61.7 cm³/mol. The van der Waals surface area contributed by atoms with Crippen LogP contribution in [0.4, 0.5) is 8.78 Å². The first-order chi connectivity index (χ1) is 6.70. The molecule has 0 amide bonds. The summed E-state index contributed by atoms with van der Waals surface area (Å²) in [6.45, 7) is 11.8. The smallest absolute Gasteiger partial charge is 0.128 e. The van der Waals surface area contributed by atoms with Gasteiger partial charge in [0.15, 0.2) is 0 Å². The van der Waals surface area contributed by atoms with Crippen molar-refractivity contribution in [2.24, 2.45) is 0 Å². The summed E-state index contributed by atoms with van der Waals surface area (Å²) >= 11 is 0. The van der Waals surface area contributed by atoms with Gasteiger partial charge in [-0.3, -0.25) is 0 Å². The van der Waals surface area contributed by atoms with E-state index in [9.17, 15) is 8.78 Å². The molecule has 2 heteroatoms. The maximum absolute atomic E-state index is 12.1. The number of hydrogen-bond donors (Lipinski definition) is 0. The molecule has 0 aromatic heterocycles. The van der Waals surface area contributed by atoms with Crippen LogP contribution in [0.5, 0.6) is 0 Å². The molecule has 0 aromatic rings. The Bertz CT molecular complexity index is 128. The summed E-state index contributed by atoms with van der Waals surface area (Å²) < 4.78 is 23.5. The van der Waals surface area contributed by atoms with Crippen molar-refractivity contribution in [1.82, 2.24) is 0 Å². The largest absolute Gasteiger partial charge is 0.213 e. The average molecular weight is 206 g/mol. The summed E-state index contributed by atoms with van der Waals surface area (Å²) in [5.74, 6) is -0.679. The van der Waals surface area contributed by atoms with Crippen molar-refractivity contribution in [3.05, 3.63) is 23.8 Å². The summed E-state index contributed by atoms with van der Waals surface area (Å²) in [5, 5.41) is 0. The van der Waals surface area contributed by atoms with E-state index in [-0.39, 0.29) is 12.8 Å². The monoisotopic (exact) mass is 206 g/mol. The van der Waals surface area contributed by atoms with E-state index in [0.717, 1.165) is 5.57 Å². The first-order valence-corrected chi connectivity index (χ1v) is 5.27. The zero-order valence-corrected chi connectivity index (χ0v) is 10.3. The van der Waals surface area contributed by atoms with E-state index in [1.54, 1.807) is 0 Å². The Labute approximate surface area is 87.7 Å². The molecule has 0 unspecified atom stereocenters. The van der Waals surface area contributed by atoms with Crippen molar-refractivity contribution >= 4 is 0 Å². The second kappa shape index (κ2) is 18.2. The molecule has 0 spiro atoms. The van der Waals surface area contributed by atoms with Crippen LogP contribution in [0.3, 0.4) is 0 Å². The average Bonchev–Trinajstić information content (AvgIpc) is 2.30. The zero-order chi connectivity index (χ0) is 12.0. The highest BCUT2D eigenvalue weighted by atomic mass is 19.2. The van der Waals surface area contributed by atoms with Gasteiger partial charge in [-0.05, 0) is 20.3 Å². The maximum atomic E-state index is 12.1. The highest BCUT2D eigenvalue weighted by molar-refractivity contribution is 4.99. The third-order valence-corrected chi connectivity index (χ3v) is 1.37. The molecule has 0 aliphatic carbocycles. The molecule has 14 heavy (non-hydrogen) atoms. The lowest BCUT2D eigenvalue weighted by molar-refractivity contribution is 0.546. The van der Waals surface area contributed by atoms with E-state index in [4.69, 9.17) is 0 Å². The standard InChI is InChI=1S/C8H12F2.2C2H6/c1-3-7(2)4-5-8(10)6-9;2*1-2/h3,6H,4-5H2,1-2H3;2*1-2H3/b7-3-,8-6-;;. The first-order valence-electron chi connectivity index (χ1n) is 5.27. The molecule has 0 atom stereocenters. The van der Waals surface area contributed by atoms with Crippen LogP contribution in [-0.2, 0) is 0 Å². The molecule has 0 rings (SSSR count). The molecule has 0 radical (unpaired) electrons. The fourth-order valence-electron chi connectivity index (χ4n) is 0.515. The van der Waals surface area contributed by atoms with Gasteiger partial charge >= 0.3 is 0 Å². The Balaban J connectivity index is -0.000000266. The van der Waals surface area contributed by atoms with E-state index in [2.05, 4.69) is 0 Å². The number of rotatable bonds is 3. The summed E-state index contributed by atoms with van der Waals surface area (Å²) in [6.07, 6.45) is 2.68. The minimum absolute atomic E-state index is 0.0168. The fourth-order valence-corrected chi connectivity index (χ4v) is 0.515. The van der Waals surface area contributed by atoms with Crippen LogP contribution in [0, 0.1) is 0 Å². The summed E-state index contributed by atoms with van der Waals surface area (Å²) in [6, 6.07) is 0. The Morgan fingerprint density at radius 3 is 1.79 bits per heavy atom. The quantitative estimate of drug-likeness (QED) is 0.530. The van der Waals surface area contributed by atoms with Crippen molar-refractivity contribution in [1.29, 1.82) is 0 Å². The zero-order valence-electron chi connectivity index (χ0n) is 10.3. The number of hydrogen-bond acceptors (Lipinski definition) is 0. The van der Waals surface area contributed by atoms with E-state index in [1.165, 1.54) is 0 Å². The fraction of sp³-hybridized carbons (Fsp3) is 0.667. The van der Waals surface area contributed by atoms with Crippen molar-refractivity contribution < 1.29 is 8.78 Å². The molecular formula is C12H24F2. The molecule has 0 nitrogen and oxygen atoms in total. The molecule has 86 valence electrons.